The summed E-state index contributed by atoms with van der Waals surface area (Å²) < 4.78 is 1.64. The topological polar surface area (TPSA) is 88.3 Å². The van der Waals surface area contributed by atoms with Crippen LogP contribution in [0.15, 0.2) is 6.20 Å². The fourth-order valence-electron chi connectivity index (χ4n) is 2.31. The van der Waals surface area contributed by atoms with E-state index in [1.54, 1.807) is 10.9 Å². The molecule has 1 aromatic heterocycles. The summed E-state index contributed by atoms with van der Waals surface area (Å²) in [6.45, 7) is 5.41. The van der Waals surface area contributed by atoms with Crippen molar-refractivity contribution in [3.63, 3.8) is 0 Å². The number of hydrogen-bond donors (Lipinski definition) is 1. The summed E-state index contributed by atoms with van der Waals surface area (Å²) in [4.78, 5) is 24.7. The van der Waals surface area contributed by atoms with E-state index in [-0.39, 0.29) is 11.6 Å². The van der Waals surface area contributed by atoms with Gasteiger partial charge in [0.25, 0.3) is 5.91 Å². The second-order valence-electron chi connectivity index (χ2n) is 5.54. The Bertz CT molecular complexity index is 498. The molecule has 1 aliphatic rings. The molecule has 20 heavy (non-hydrogen) atoms. The van der Waals surface area contributed by atoms with Crippen molar-refractivity contribution in [2.75, 3.05) is 6.54 Å². The van der Waals surface area contributed by atoms with Gasteiger partial charge in [-0.1, -0.05) is 19.1 Å². The van der Waals surface area contributed by atoms with E-state index in [9.17, 15) is 9.59 Å². The van der Waals surface area contributed by atoms with Gasteiger partial charge < -0.3 is 10.0 Å². The van der Waals surface area contributed by atoms with Crippen LogP contribution < -0.4 is 0 Å². The minimum atomic E-state index is -0.956. The molecule has 7 heteroatoms. The van der Waals surface area contributed by atoms with Gasteiger partial charge in [-0.05, 0) is 25.2 Å². The standard InChI is InChI=1S/C13H20N4O3/c1-9(2)5-7-16-8-10(14-15-16)12(18)17-6-3-4-11(17)13(19)20/h8-9,11H,3-7H2,1-2H3,(H,19,20)/t11-/m0/s1. The Labute approximate surface area is 117 Å². The highest BCUT2D eigenvalue weighted by atomic mass is 16.4. The molecule has 1 N–H and O–H groups in total. The Kier molecular flexibility index (Phi) is 4.36. The van der Waals surface area contributed by atoms with Gasteiger partial charge >= 0.3 is 5.97 Å². The average Bonchev–Trinajstić information content (AvgIpc) is 3.04. The van der Waals surface area contributed by atoms with Crippen molar-refractivity contribution >= 4 is 11.9 Å². The van der Waals surface area contributed by atoms with E-state index >= 15 is 0 Å². The summed E-state index contributed by atoms with van der Waals surface area (Å²) in [5, 5.41) is 16.9. The third-order valence-electron chi connectivity index (χ3n) is 3.49. The molecule has 0 aliphatic carbocycles. The molecule has 0 saturated carbocycles. The van der Waals surface area contributed by atoms with E-state index < -0.39 is 12.0 Å². The van der Waals surface area contributed by atoms with E-state index in [0.29, 0.717) is 31.8 Å². The van der Waals surface area contributed by atoms with Crippen molar-refractivity contribution in [2.45, 2.75) is 45.7 Å². The molecular formula is C13H20N4O3. The highest BCUT2D eigenvalue weighted by Gasteiger charge is 2.35. The number of rotatable bonds is 5. The fraction of sp³-hybridized carbons (Fsp3) is 0.692. The summed E-state index contributed by atoms with van der Waals surface area (Å²) in [5.41, 5.74) is 0.224. The maximum Gasteiger partial charge on any atom is 0.326 e. The number of aryl methyl sites for hydroxylation is 1. The molecule has 1 atom stereocenters. The molecule has 1 aromatic rings. The summed E-state index contributed by atoms with van der Waals surface area (Å²) >= 11 is 0. The van der Waals surface area contributed by atoms with Gasteiger partial charge in [0.15, 0.2) is 5.69 Å². The van der Waals surface area contributed by atoms with E-state index in [2.05, 4.69) is 24.2 Å². The first-order chi connectivity index (χ1) is 9.49. The molecule has 0 aromatic carbocycles. The summed E-state index contributed by atoms with van der Waals surface area (Å²) in [5.74, 6) is -0.748. The number of aromatic nitrogens is 3. The molecule has 0 spiro atoms. The molecule has 2 rings (SSSR count). The third-order valence-corrected chi connectivity index (χ3v) is 3.49. The van der Waals surface area contributed by atoms with E-state index in [1.807, 2.05) is 0 Å². The van der Waals surface area contributed by atoms with Crippen LogP contribution in [0.2, 0.25) is 0 Å². The van der Waals surface area contributed by atoms with Crippen LogP contribution in [0.3, 0.4) is 0 Å². The number of carbonyl (C=O) groups is 2. The summed E-state index contributed by atoms with van der Waals surface area (Å²) in [7, 11) is 0. The number of amides is 1. The largest absolute Gasteiger partial charge is 0.480 e. The highest BCUT2D eigenvalue weighted by molar-refractivity contribution is 5.95. The molecule has 1 fully saturated rings. The zero-order chi connectivity index (χ0) is 14.7. The zero-order valence-electron chi connectivity index (χ0n) is 11.8. The maximum atomic E-state index is 12.3. The zero-order valence-corrected chi connectivity index (χ0v) is 11.8. The van der Waals surface area contributed by atoms with Crippen LogP contribution in [0.4, 0.5) is 0 Å². The van der Waals surface area contributed by atoms with Crippen LogP contribution in [0.25, 0.3) is 0 Å². The number of carboxylic acids is 1. The molecule has 2 heterocycles. The average molecular weight is 280 g/mol. The Balaban J connectivity index is 2.04. The van der Waals surface area contributed by atoms with Crippen LogP contribution in [-0.2, 0) is 11.3 Å². The van der Waals surface area contributed by atoms with Gasteiger partial charge in [-0.25, -0.2) is 4.79 Å². The predicted molar refractivity (Wildman–Crippen MR) is 71.2 cm³/mol. The second-order valence-corrected chi connectivity index (χ2v) is 5.54. The lowest BCUT2D eigenvalue weighted by Gasteiger charge is -2.19. The van der Waals surface area contributed by atoms with E-state index in [1.165, 1.54) is 4.90 Å². The monoisotopic (exact) mass is 280 g/mol. The van der Waals surface area contributed by atoms with Crippen molar-refractivity contribution in [2.24, 2.45) is 5.92 Å². The molecule has 7 nitrogen and oxygen atoms in total. The molecule has 1 saturated heterocycles. The van der Waals surface area contributed by atoms with Crippen molar-refractivity contribution in [1.82, 2.24) is 19.9 Å². The molecule has 110 valence electrons. The number of carbonyl (C=O) groups excluding carboxylic acids is 1. The second kappa shape index (κ2) is 6.02. The summed E-state index contributed by atoms with van der Waals surface area (Å²) in [6, 6.07) is -0.733. The minimum Gasteiger partial charge on any atom is -0.480 e. The van der Waals surface area contributed by atoms with Gasteiger partial charge in [-0.15, -0.1) is 5.10 Å². The van der Waals surface area contributed by atoms with Crippen molar-refractivity contribution in [3.8, 4) is 0 Å². The van der Waals surface area contributed by atoms with Crippen molar-refractivity contribution in [3.05, 3.63) is 11.9 Å². The Morgan fingerprint density at radius 1 is 1.50 bits per heavy atom. The smallest absolute Gasteiger partial charge is 0.326 e. The van der Waals surface area contributed by atoms with Crippen LogP contribution in [0.5, 0.6) is 0 Å². The number of nitrogens with zero attached hydrogens (tertiary/aromatic N) is 4. The normalized spacial score (nSPS) is 18.8. The fourth-order valence-corrected chi connectivity index (χ4v) is 2.31. The van der Waals surface area contributed by atoms with Crippen LogP contribution >= 0.6 is 0 Å². The number of aliphatic carboxylic acids is 1. The van der Waals surface area contributed by atoms with Gasteiger partial charge in [-0.3, -0.25) is 9.48 Å². The van der Waals surface area contributed by atoms with Crippen molar-refractivity contribution in [1.29, 1.82) is 0 Å². The molecule has 1 aliphatic heterocycles. The lowest BCUT2D eigenvalue weighted by Crippen LogP contribution is -2.40. The van der Waals surface area contributed by atoms with Crippen LogP contribution in [0.1, 0.15) is 43.6 Å². The van der Waals surface area contributed by atoms with E-state index in [4.69, 9.17) is 5.11 Å². The lowest BCUT2D eigenvalue weighted by molar-refractivity contribution is -0.141. The van der Waals surface area contributed by atoms with Gasteiger partial charge in [0, 0.05) is 13.1 Å². The van der Waals surface area contributed by atoms with Crippen LogP contribution in [-0.4, -0.2) is 49.5 Å². The first-order valence-corrected chi connectivity index (χ1v) is 6.93. The minimum absolute atomic E-state index is 0.224. The number of hydrogen-bond acceptors (Lipinski definition) is 4. The van der Waals surface area contributed by atoms with Gasteiger partial charge in [-0.2, -0.15) is 0 Å². The first kappa shape index (κ1) is 14.5. The highest BCUT2D eigenvalue weighted by Crippen LogP contribution is 2.19. The Hall–Kier alpha value is -1.92. The predicted octanol–water partition coefficient (Wildman–Crippen LogP) is 1.01. The third kappa shape index (κ3) is 3.15. The Morgan fingerprint density at radius 3 is 2.90 bits per heavy atom. The van der Waals surface area contributed by atoms with Gasteiger partial charge in [0.05, 0.1) is 6.20 Å². The SMILES string of the molecule is CC(C)CCn1cc(C(=O)N2CCC[C@H]2C(=O)O)nn1. The molecule has 1 amide bonds. The van der Waals surface area contributed by atoms with Crippen molar-refractivity contribution < 1.29 is 14.7 Å². The molecule has 0 bridgehead atoms. The molecule has 0 unspecified atom stereocenters. The van der Waals surface area contributed by atoms with Gasteiger partial charge in [0.2, 0.25) is 0 Å². The molecule has 0 radical (unpaired) electrons. The maximum absolute atomic E-state index is 12.3. The quantitative estimate of drug-likeness (QED) is 0.869. The van der Waals surface area contributed by atoms with E-state index in [0.717, 1.165) is 6.42 Å². The van der Waals surface area contributed by atoms with Crippen LogP contribution in [0, 0.1) is 5.92 Å². The number of carboxylic acid groups (broad SMARTS) is 1. The lowest BCUT2D eigenvalue weighted by atomic mass is 10.1. The summed E-state index contributed by atoms with van der Waals surface area (Å²) in [6.07, 6.45) is 3.77. The number of likely N-dealkylation sites (tertiary alicyclic amines) is 1. The van der Waals surface area contributed by atoms with Gasteiger partial charge in [0.1, 0.15) is 6.04 Å². The Morgan fingerprint density at radius 2 is 2.25 bits per heavy atom. The molecular weight excluding hydrogens is 260 g/mol. The first-order valence-electron chi connectivity index (χ1n) is 6.93.